The molecule has 2 aromatic rings. The van der Waals surface area contributed by atoms with Crippen LogP contribution in [0.3, 0.4) is 0 Å². The van der Waals surface area contributed by atoms with E-state index < -0.39 is 0 Å². The van der Waals surface area contributed by atoms with Gasteiger partial charge in [0.15, 0.2) is 0 Å². The minimum absolute atomic E-state index is 0. The van der Waals surface area contributed by atoms with Crippen molar-refractivity contribution in [3.63, 3.8) is 0 Å². The molecule has 1 atom stereocenters. The summed E-state index contributed by atoms with van der Waals surface area (Å²) in [7, 11) is 0.777. The van der Waals surface area contributed by atoms with Crippen LogP contribution in [0.25, 0.3) is 0 Å². The molecular weight excluding hydrogens is 242 g/mol. The molecule has 0 spiro atoms. The van der Waals surface area contributed by atoms with Crippen LogP contribution in [0, 0.1) is 0 Å². The van der Waals surface area contributed by atoms with Crippen LogP contribution < -0.4 is 23.0 Å². The molecule has 0 bridgehead atoms. The monoisotopic (exact) mass is 256 g/mol. The third kappa shape index (κ3) is 4.76. The summed E-state index contributed by atoms with van der Waals surface area (Å²) in [5, 5.41) is 2.79. The molecule has 0 saturated heterocycles. The van der Waals surface area contributed by atoms with Crippen molar-refractivity contribution in [2.75, 3.05) is 0 Å². The van der Waals surface area contributed by atoms with Gasteiger partial charge < -0.3 is 12.4 Å². The van der Waals surface area contributed by atoms with Gasteiger partial charge in [0.25, 0.3) is 0 Å². The molecule has 15 heavy (non-hydrogen) atoms. The van der Waals surface area contributed by atoms with Gasteiger partial charge in [-0.2, -0.15) is 0 Å². The number of benzene rings is 2. The van der Waals surface area contributed by atoms with Crippen LogP contribution in [0.2, 0.25) is 0 Å². The Kier molecular flexibility index (Phi) is 7.61. The van der Waals surface area contributed by atoms with Gasteiger partial charge in [-0.1, -0.05) is 69.2 Å². The molecular formula is C12H15ClP2. The van der Waals surface area contributed by atoms with Crippen LogP contribution in [-0.4, -0.2) is 0 Å². The zero-order chi connectivity index (χ0) is 8.93. The molecule has 2 rings (SSSR count). The maximum Gasteiger partial charge on any atom is -0.0226 e. The van der Waals surface area contributed by atoms with Crippen LogP contribution in [0.4, 0.5) is 0 Å². The van der Waals surface area contributed by atoms with Crippen molar-refractivity contribution in [1.82, 2.24) is 0 Å². The summed E-state index contributed by atoms with van der Waals surface area (Å²) in [4.78, 5) is 0. The Hall–Kier alpha value is -0.410. The Morgan fingerprint density at radius 3 is 1.27 bits per heavy atom. The van der Waals surface area contributed by atoms with Crippen LogP contribution >= 0.6 is 18.5 Å². The van der Waals surface area contributed by atoms with Gasteiger partial charge in [-0.25, -0.2) is 0 Å². The van der Waals surface area contributed by atoms with E-state index in [4.69, 9.17) is 0 Å². The van der Waals surface area contributed by atoms with Gasteiger partial charge in [-0.3, -0.25) is 0 Å². The van der Waals surface area contributed by atoms with Gasteiger partial charge in [0.1, 0.15) is 0 Å². The number of hydrogen-bond donors (Lipinski definition) is 0. The van der Waals surface area contributed by atoms with Crippen molar-refractivity contribution in [2.24, 2.45) is 0 Å². The number of halogens is 1. The van der Waals surface area contributed by atoms with Crippen LogP contribution in [0.1, 0.15) is 0 Å². The Bertz CT molecular complexity index is 324. The lowest BCUT2D eigenvalue weighted by Crippen LogP contribution is -3.00. The first kappa shape index (κ1) is 14.6. The lowest BCUT2D eigenvalue weighted by Gasteiger charge is -2.00. The van der Waals surface area contributed by atoms with Gasteiger partial charge in [-0.15, -0.1) is 0 Å². The Balaban J connectivity index is 0.000000980. The van der Waals surface area contributed by atoms with Crippen molar-refractivity contribution in [1.29, 1.82) is 0 Å². The summed E-state index contributed by atoms with van der Waals surface area (Å²) in [6.45, 7) is 0. The predicted molar refractivity (Wildman–Crippen MR) is 73.0 cm³/mol. The van der Waals surface area contributed by atoms with Crippen molar-refractivity contribution in [3.05, 3.63) is 60.7 Å². The number of rotatable bonds is 2. The molecule has 0 heterocycles. The highest BCUT2D eigenvalue weighted by Crippen LogP contribution is 2.08. The third-order valence-corrected chi connectivity index (χ3v) is 3.08. The Labute approximate surface area is 102 Å². The molecule has 0 N–H and O–H groups in total. The van der Waals surface area contributed by atoms with Crippen molar-refractivity contribution in [3.8, 4) is 0 Å². The summed E-state index contributed by atoms with van der Waals surface area (Å²) < 4.78 is 0. The van der Waals surface area contributed by atoms with Crippen molar-refractivity contribution < 1.29 is 12.4 Å². The quantitative estimate of drug-likeness (QED) is 0.612. The minimum Gasteiger partial charge on any atom is -1.00 e. The third-order valence-electron chi connectivity index (χ3n) is 1.84. The highest BCUT2D eigenvalue weighted by Gasteiger charge is 1.92. The highest BCUT2D eigenvalue weighted by atomic mass is 35.5. The molecule has 0 radical (unpaired) electrons. The summed E-state index contributed by atoms with van der Waals surface area (Å²) >= 11 is 0. The molecule has 0 aliphatic heterocycles. The molecule has 1 unspecified atom stereocenters. The van der Waals surface area contributed by atoms with Crippen LogP contribution in [0.5, 0.6) is 0 Å². The molecule has 0 fully saturated rings. The molecule has 0 saturated carbocycles. The maximum absolute atomic E-state index is 2.17. The SMILES string of the molecule is [Cl-].[PH4+].c1ccc(Pc2ccccc2)cc1. The van der Waals surface area contributed by atoms with Crippen LogP contribution in [-0.2, 0) is 0 Å². The van der Waals surface area contributed by atoms with E-state index in [2.05, 4.69) is 60.7 Å². The first-order valence-electron chi connectivity index (χ1n) is 4.32. The second-order valence-electron chi connectivity index (χ2n) is 2.86. The fraction of sp³-hybridized carbons (Fsp3) is 0. The Morgan fingerprint density at radius 1 is 0.600 bits per heavy atom. The van der Waals surface area contributed by atoms with Gasteiger partial charge in [0.05, 0.1) is 0 Å². The first-order chi connectivity index (χ1) is 6.45. The van der Waals surface area contributed by atoms with Crippen LogP contribution in [0.15, 0.2) is 60.7 Å². The van der Waals surface area contributed by atoms with Gasteiger partial charge >= 0.3 is 0 Å². The second-order valence-corrected chi connectivity index (χ2v) is 4.26. The fourth-order valence-corrected chi connectivity index (χ4v) is 2.26. The van der Waals surface area contributed by atoms with E-state index in [1.54, 1.807) is 0 Å². The van der Waals surface area contributed by atoms with E-state index in [1.165, 1.54) is 10.6 Å². The van der Waals surface area contributed by atoms with E-state index in [0.29, 0.717) is 0 Å². The van der Waals surface area contributed by atoms with Crippen molar-refractivity contribution >= 4 is 29.1 Å². The Morgan fingerprint density at radius 2 is 0.933 bits per heavy atom. The molecule has 0 amide bonds. The van der Waals surface area contributed by atoms with E-state index in [0.717, 1.165) is 8.58 Å². The average molecular weight is 257 g/mol. The molecule has 0 aliphatic carbocycles. The summed E-state index contributed by atoms with van der Waals surface area (Å²) in [6.07, 6.45) is 0. The maximum atomic E-state index is 2.17. The highest BCUT2D eigenvalue weighted by molar-refractivity contribution is 7.55. The lowest BCUT2D eigenvalue weighted by molar-refractivity contribution is -0.00000257. The zero-order valence-electron chi connectivity index (χ0n) is 8.65. The van der Waals surface area contributed by atoms with Crippen molar-refractivity contribution in [2.45, 2.75) is 0 Å². The molecule has 0 aromatic heterocycles. The lowest BCUT2D eigenvalue weighted by atomic mass is 10.4. The van der Waals surface area contributed by atoms with Gasteiger partial charge in [0.2, 0.25) is 0 Å². The molecule has 3 heteroatoms. The molecule has 2 aromatic carbocycles. The van der Waals surface area contributed by atoms with E-state index in [9.17, 15) is 0 Å². The number of hydrogen-bond acceptors (Lipinski definition) is 0. The van der Waals surface area contributed by atoms with Gasteiger partial charge in [-0.05, 0) is 20.5 Å². The summed E-state index contributed by atoms with van der Waals surface area (Å²) in [5.74, 6) is 0. The molecule has 80 valence electrons. The summed E-state index contributed by atoms with van der Waals surface area (Å²) in [5.41, 5.74) is 0. The van der Waals surface area contributed by atoms with E-state index in [-0.39, 0.29) is 22.3 Å². The van der Waals surface area contributed by atoms with E-state index >= 15 is 0 Å². The van der Waals surface area contributed by atoms with Gasteiger partial charge in [0, 0.05) is 0 Å². The zero-order valence-corrected chi connectivity index (χ0v) is 12.4. The first-order valence-corrected chi connectivity index (χ1v) is 5.32. The minimum atomic E-state index is 0. The normalized spacial score (nSPS) is 8.53. The summed E-state index contributed by atoms with van der Waals surface area (Å²) in [6, 6.07) is 21.2. The largest absolute Gasteiger partial charge is 1.00 e. The van der Waals surface area contributed by atoms with E-state index in [1.807, 2.05) is 0 Å². The topological polar surface area (TPSA) is 0 Å². The second kappa shape index (κ2) is 7.83. The average Bonchev–Trinajstić information content (AvgIpc) is 2.21. The predicted octanol–water partition coefficient (Wildman–Crippen LogP) is -0.890. The fourth-order valence-electron chi connectivity index (χ4n) is 1.21. The smallest absolute Gasteiger partial charge is 0.0226 e. The molecule has 0 aliphatic rings. The molecule has 0 nitrogen and oxygen atoms in total. The standard InChI is InChI=1S/C12H11P.ClH.H3P/c1-3-7-11(8-4-1)13-12-9-5-2-6-10-12;;/h1-10,13H;1H;1H3.